The minimum atomic E-state index is -0.00944. The first-order valence-electron chi connectivity index (χ1n) is 6.66. The first-order chi connectivity index (χ1) is 9.20. The SMILES string of the molecule is Cc1ccc2[nH]nc(C(=O)N3CCC[C@H]3CN)c2c1. The Labute approximate surface area is 111 Å². The number of benzene rings is 1. The van der Waals surface area contributed by atoms with Gasteiger partial charge in [0, 0.05) is 24.5 Å². The fourth-order valence-electron chi connectivity index (χ4n) is 2.78. The van der Waals surface area contributed by atoms with Gasteiger partial charge in [0.2, 0.25) is 0 Å². The average Bonchev–Trinajstić information content (AvgIpc) is 3.03. The summed E-state index contributed by atoms with van der Waals surface area (Å²) in [5.41, 5.74) is 8.27. The van der Waals surface area contributed by atoms with Crippen molar-refractivity contribution in [1.29, 1.82) is 0 Å². The van der Waals surface area contributed by atoms with Crippen molar-refractivity contribution >= 4 is 16.8 Å². The molecule has 0 saturated carbocycles. The normalized spacial score (nSPS) is 19.3. The average molecular weight is 258 g/mol. The van der Waals surface area contributed by atoms with Gasteiger partial charge >= 0.3 is 0 Å². The van der Waals surface area contributed by atoms with Gasteiger partial charge in [-0.3, -0.25) is 9.89 Å². The predicted octanol–water partition coefficient (Wildman–Crippen LogP) is 1.43. The highest BCUT2D eigenvalue weighted by Crippen LogP contribution is 2.23. The molecule has 19 heavy (non-hydrogen) atoms. The molecule has 1 aliphatic rings. The van der Waals surface area contributed by atoms with E-state index in [0.717, 1.165) is 35.9 Å². The third-order valence-corrected chi connectivity index (χ3v) is 3.83. The van der Waals surface area contributed by atoms with Crippen molar-refractivity contribution in [3.05, 3.63) is 29.5 Å². The first kappa shape index (κ1) is 12.2. The predicted molar refractivity (Wildman–Crippen MR) is 73.9 cm³/mol. The fraction of sp³-hybridized carbons (Fsp3) is 0.429. The molecule has 0 radical (unpaired) electrons. The van der Waals surface area contributed by atoms with Gasteiger partial charge in [0.15, 0.2) is 5.69 Å². The Morgan fingerprint density at radius 1 is 1.58 bits per heavy atom. The molecular formula is C14H18N4O. The van der Waals surface area contributed by atoms with Crippen LogP contribution in [0, 0.1) is 6.92 Å². The lowest BCUT2D eigenvalue weighted by atomic mass is 10.1. The number of hydrogen-bond acceptors (Lipinski definition) is 3. The van der Waals surface area contributed by atoms with E-state index in [0.29, 0.717) is 12.2 Å². The maximum absolute atomic E-state index is 12.6. The lowest BCUT2D eigenvalue weighted by Crippen LogP contribution is -2.40. The van der Waals surface area contributed by atoms with Gasteiger partial charge in [-0.15, -0.1) is 0 Å². The van der Waals surface area contributed by atoms with E-state index in [1.165, 1.54) is 0 Å². The van der Waals surface area contributed by atoms with E-state index in [-0.39, 0.29) is 11.9 Å². The number of hydrogen-bond donors (Lipinski definition) is 2. The summed E-state index contributed by atoms with van der Waals surface area (Å²) in [4.78, 5) is 14.4. The Hall–Kier alpha value is -1.88. The number of rotatable bonds is 2. The lowest BCUT2D eigenvalue weighted by molar-refractivity contribution is 0.0737. The molecule has 0 spiro atoms. The van der Waals surface area contributed by atoms with Crippen LogP contribution in [0.2, 0.25) is 0 Å². The summed E-state index contributed by atoms with van der Waals surface area (Å²) in [6, 6.07) is 6.12. The number of likely N-dealkylation sites (tertiary alicyclic amines) is 1. The number of nitrogens with one attached hydrogen (secondary N) is 1. The van der Waals surface area contributed by atoms with Crippen molar-refractivity contribution in [3.63, 3.8) is 0 Å². The van der Waals surface area contributed by atoms with Crippen LogP contribution in [0.3, 0.4) is 0 Å². The van der Waals surface area contributed by atoms with Crippen molar-refractivity contribution < 1.29 is 4.79 Å². The third-order valence-electron chi connectivity index (χ3n) is 3.83. The number of carbonyl (C=O) groups is 1. The number of fused-ring (bicyclic) bond motifs is 1. The third kappa shape index (κ3) is 2.00. The monoisotopic (exact) mass is 258 g/mol. The van der Waals surface area contributed by atoms with Crippen molar-refractivity contribution in [2.45, 2.75) is 25.8 Å². The highest BCUT2D eigenvalue weighted by Gasteiger charge is 2.30. The Morgan fingerprint density at radius 3 is 3.21 bits per heavy atom. The zero-order chi connectivity index (χ0) is 13.4. The number of H-pyrrole nitrogens is 1. The summed E-state index contributed by atoms with van der Waals surface area (Å²) < 4.78 is 0. The standard InChI is InChI=1S/C14H18N4O/c1-9-4-5-12-11(7-9)13(17-16-12)14(19)18-6-2-3-10(18)8-15/h4-5,7,10H,2-3,6,8,15H2,1H3,(H,16,17)/t10-/m0/s1. The van der Waals surface area contributed by atoms with Crippen LogP contribution in [-0.4, -0.2) is 40.1 Å². The molecular weight excluding hydrogens is 240 g/mol. The van der Waals surface area contributed by atoms with Crippen LogP contribution in [0.1, 0.15) is 28.9 Å². The summed E-state index contributed by atoms with van der Waals surface area (Å²) in [5, 5.41) is 8.01. The van der Waals surface area contributed by atoms with Crippen LogP contribution in [0.25, 0.3) is 10.9 Å². The van der Waals surface area contributed by atoms with Gasteiger partial charge in [-0.1, -0.05) is 11.6 Å². The number of aryl methyl sites for hydroxylation is 1. The van der Waals surface area contributed by atoms with Gasteiger partial charge in [0.25, 0.3) is 5.91 Å². The van der Waals surface area contributed by atoms with Gasteiger partial charge in [-0.25, -0.2) is 0 Å². The van der Waals surface area contributed by atoms with E-state index >= 15 is 0 Å². The highest BCUT2D eigenvalue weighted by molar-refractivity contribution is 6.05. The molecule has 3 rings (SSSR count). The van der Waals surface area contributed by atoms with Crippen molar-refractivity contribution in [3.8, 4) is 0 Å². The first-order valence-corrected chi connectivity index (χ1v) is 6.66. The van der Waals surface area contributed by atoms with Gasteiger partial charge < -0.3 is 10.6 Å². The number of aromatic nitrogens is 2. The summed E-state index contributed by atoms with van der Waals surface area (Å²) in [7, 11) is 0. The van der Waals surface area contributed by atoms with E-state index in [1.54, 1.807) is 0 Å². The highest BCUT2D eigenvalue weighted by atomic mass is 16.2. The molecule has 0 unspecified atom stereocenters. The molecule has 1 saturated heterocycles. The number of nitrogens with zero attached hydrogens (tertiary/aromatic N) is 2. The molecule has 1 aromatic heterocycles. The van der Waals surface area contributed by atoms with Crippen molar-refractivity contribution in [2.75, 3.05) is 13.1 Å². The summed E-state index contributed by atoms with van der Waals surface area (Å²) >= 11 is 0. The van der Waals surface area contributed by atoms with E-state index in [1.807, 2.05) is 30.0 Å². The molecule has 0 bridgehead atoms. The quantitative estimate of drug-likeness (QED) is 0.855. The number of amides is 1. The van der Waals surface area contributed by atoms with Crippen LogP contribution in [0.5, 0.6) is 0 Å². The molecule has 0 aliphatic carbocycles. The number of carbonyl (C=O) groups excluding carboxylic acids is 1. The molecule has 5 heteroatoms. The summed E-state index contributed by atoms with van der Waals surface area (Å²) in [6.45, 7) is 3.31. The maximum atomic E-state index is 12.6. The molecule has 1 fully saturated rings. The van der Waals surface area contributed by atoms with E-state index in [9.17, 15) is 4.79 Å². The second-order valence-electron chi connectivity index (χ2n) is 5.15. The molecule has 2 aromatic rings. The van der Waals surface area contributed by atoms with E-state index in [2.05, 4.69) is 10.2 Å². The molecule has 3 N–H and O–H groups in total. The molecule has 1 atom stereocenters. The van der Waals surface area contributed by atoms with Gasteiger partial charge in [-0.2, -0.15) is 5.10 Å². The second kappa shape index (κ2) is 4.66. The van der Waals surface area contributed by atoms with Crippen LogP contribution in [0.4, 0.5) is 0 Å². The van der Waals surface area contributed by atoms with E-state index < -0.39 is 0 Å². The largest absolute Gasteiger partial charge is 0.333 e. The Balaban J connectivity index is 1.99. The summed E-state index contributed by atoms with van der Waals surface area (Å²) in [5.74, 6) is -0.00944. The van der Waals surface area contributed by atoms with Crippen molar-refractivity contribution in [1.82, 2.24) is 15.1 Å². The molecule has 1 aliphatic heterocycles. The lowest BCUT2D eigenvalue weighted by Gasteiger charge is -2.22. The smallest absolute Gasteiger partial charge is 0.275 e. The zero-order valence-electron chi connectivity index (χ0n) is 11.0. The van der Waals surface area contributed by atoms with Gasteiger partial charge in [0.05, 0.1) is 5.52 Å². The van der Waals surface area contributed by atoms with Crippen LogP contribution >= 0.6 is 0 Å². The molecule has 5 nitrogen and oxygen atoms in total. The minimum absolute atomic E-state index is 0.00944. The van der Waals surface area contributed by atoms with Crippen LogP contribution in [0.15, 0.2) is 18.2 Å². The van der Waals surface area contributed by atoms with E-state index in [4.69, 9.17) is 5.73 Å². The molecule has 100 valence electrons. The molecule has 2 heterocycles. The molecule has 1 aromatic carbocycles. The van der Waals surface area contributed by atoms with Gasteiger partial charge in [0.1, 0.15) is 0 Å². The number of aromatic amines is 1. The zero-order valence-corrected chi connectivity index (χ0v) is 11.0. The second-order valence-corrected chi connectivity index (χ2v) is 5.15. The Morgan fingerprint density at radius 2 is 2.42 bits per heavy atom. The van der Waals surface area contributed by atoms with Crippen LogP contribution in [-0.2, 0) is 0 Å². The summed E-state index contributed by atoms with van der Waals surface area (Å²) in [6.07, 6.45) is 2.01. The Kier molecular flexibility index (Phi) is 2.98. The van der Waals surface area contributed by atoms with Crippen LogP contribution < -0.4 is 5.73 Å². The van der Waals surface area contributed by atoms with Crippen molar-refractivity contribution in [2.24, 2.45) is 5.73 Å². The Bertz CT molecular complexity index is 619. The topological polar surface area (TPSA) is 75.0 Å². The maximum Gasteiger partial charge on any atom is 0.275 e. The minimum Gasteiger partial charge on any atom is -0.333 e. The number of nitrogens with two attached hydrogens (primary N) is 1. The fourth-order valence-corrected chi connectivity index (χ4v) is 2.78. The van der Waals surface area contributed by atoms with Gasteiger partial charge in [-0.05, 0) is 31.9 Å². The molecule has 1 amide bonds.